The quantitative estimate of drug-likeness (QED) is 0.631. The van der Waals surface area contributed by atoms with Crippen LogP contribution < -0.4 is 14.8 Å². The summed E-state index contributed by atoms with van der Waals surface area (Å²) in [6.45, 7) is 1.45. The topological polar surface area (TPSA) is 60.5 Å². The molecule has 0 saturated heterocycles. The first-order chi connectivity index (χ1) is 14.1. The Labute approximate surface area is 176 Å². The van der Waals surface area contributed by atoms with Gasteiger partial charge in [0.15, 0.2) is 11.5 Å². The van der Waals surface area contributed by atoms with Gasteiger partial charge >= 0.3 is 0 Å². The lowest BCUT2D eigenvalue weighted by atomic mass is 10.1. The average molecular weight is 433 g/mol. The van der Waals surface area contributed by atoms with Crippen molar-refractivity contribution in [3.05, 3.63) is 63.9 Å². The maximum atomic E-state index is 13.4. The van der Waals surface area contributed by atoms with Gasteiger partial charge in [-0.15, -0.1) is 11.3 Å². The van der Waals surface area contributed by atoms with Crippen LogP contribution in [-0.2, 0) is 17.6 Å². The summed E-state index contributed by atoms with van der Waals surface area (Å²) in [5.41, 5.74) is 2.33. The van der Waals surface area contributed by atoms with E-state index in [1.807, 2.05) is 17.5 Å². The van der Waals surface area contributed by atoms with E-state index in [0.717, 1.165) is 5.56 Å². The maximum absolute atomic E-state index is 13.4. The molecule has 5 nitrogen and oxygen atoms in total. The van der Waals surface area contributed by atoms with Crippen LogP contribution in [0.1, 0.15) is 11.3 Å². The van der Waals surface area contributed by atoms with Gasteiger partial charge in [-0.1, -0.05) is 23.7 Å². The zero-order valence-electron chi connectivity index (χ0n) is 15.4. The zero-order chi connectivity index (χ0) is 20.2. The molecule has 8 heteroatoms. The van der Waals surface area contributed by atoms with Crippen LogP contribution in [0, 0.1) is 5.82 Å². The van der Waals surface area contributed by atoms with Crippen LogP contribution in [0.25, 0.3) is 10.6 Å². The number of aromatic nitrogens is 1. The van der Waals surface area contributed by atoms with Crippen molar-refractivity contribution in [2.24, 2.45) is 0 Å². The third-order valence-electron chi connectivity index (χ3n) is 4.36. The van der Waals surface area contributed by atoms with E-state index in [4.69, 9.17) is 21.1 Å². The van der Waals surface area contributed by atoms with Gasteiger partial charge in [0, 0.05) is 17.5 Å². The molecule has 2 heterocycles. The molecule has 0 aliphatic carbocycles. The molecular formula is C21H18ClFN2O3S. The highest BCUT2D eigenvalue weighted by Gasteiger charge is 2.16. The van der Waals surface area contributed by atoms with E-state index in [1.54, 1.807) is 12.1 Å². The van der Waals surface area contributed by atoms with E-state index in [2.05, 4.69) is 10.3 Å². The molecule has 150 valence electrons. The number of hydrogen-bond acceptors (Lipinski definition) is 5. The average Bonchev–Trinajstić information content (AvgIpc) is 3.16. The number of thiazole rings is 1. The molecule has 1 aliphatic heterocycles. The Morgan fingerprint density at radius 2 is 2.10 bits per heavy atom. The summed E-state index contributed by atoms with van der Waals surface area (Å²) in [6.07, 6.45) is 0.793. The Morgan fingerprint density at radius 1 is 1.24 bits per heavy atom. The van der Waals surface area contributed by atoms with Crippen molar-refractivity contribution in [2.75, 3.05) is 19.8 Å². The molecule has 0 fully saturated rings. The number of ether oxygens (including phenoxy) is 2. The van der Waals surface area contributed by atoms with E-state index in [-0.39, 0.29) is 18.1 Å². The highest BCUT2D eigenvalue weighted by molar-refractivity contribution is 7.13. The number of nitrogens with zero attached hydrogens (tertiary/aromatic N) is 1. The van der Waals surface area contributed by atoms with Gasteiger partial charge in [-0.25, -0.2) is 9.37 Å². The Kier molecular flexibility index (Phi) is 5.97. The number of amides is 1. The second-order valence-corrected chi connectivity index (χ2v) is 7.80. The number of nitrogens with one attached hydrogen (secondary N) is 1. The minimum Gasteiger partial charge on any atom is -0.486 e. The summed E-state index contributed by atoms with van der Waals surface area (Å²) in [5, 5.41) is 5.91. The lowest BCUT2D eigenvalue weighted by Crippen LogP contribution is -2.27. The minimum atomic E-state index is -0.309. The van der Waals surface area contributed by atoms with Crippen molar-refractivity contribution in [3.63, 3.8) is 0 Å². The van der Waals surface area contributed by atoms with Gasteiger partial charge in [0.25, 0.3) is 0 Å². The summed E-state index contributed by atoms with van der Waals surface area (Å²) >= 11 is 7.63. The van der Waals surface area contributed by atoms with Gasteiger partial charge in [-0.2, -0.15) is 0 Å². The van der Waals surface area contributed by atoms with Crippen LogP contribution in [0.2, 0.25) is 5.02 Å². The monoisotopic (exact) mass is 432 g/mol. The molecule has 1 aliphatic rings. The van der Waals surface area contributed by atoms with Crippen molar-refractivity contribution < 1.29 is 18.7 Å². The standard InChI is InChI=1S/C21H18ClFN2O3S/c22-17-8-13(9-18-20(17)28-7-6-27-18)4-5-24-19(26)11-16-12-29-21(25-16)14-2-1-3-15(23)10-14/h1-3,8-10,12H,4-7,11H2,(H,24,26). The molecular weight excluding hydrogens is 415 g/mol. The molecule has 1 aromatic heterocycles. The maximum Gasteiger partial charge on any atom is 0.226 e. The van der Waals surface area contributed by atoms with Gasteiger partial charge in [0.1, 0.15) is 24.0 Å². The first-order valence-corrected chi connectivity index (χ1v) is 10.4. The van der Waals surface area contributed by atoms with E-state index < -0.39 is 0 Å². The highest BCUT2D eigenvalue weighted by Crippen LogP contribution is 2.38. The van der Waals surface area contributed by atoms with Gasteiger partial charge in [0.05, 0.1) is 17.1 Å². The van der Waals surface area contributed by atoms with E-state index >= 15 is 0 Å². The van der Waals surface area contributed by atoms with Gasteiger partial charge < -0.3 is 14.8 Å². The second-order valence-electron chi connectivity index (χ2n) is 6.53. The summed E-state index contributed by atoms with van der Waals surface area (Å²) in [7, 11) is 0. The molecule has 0 atom stereocenters. The third kappa shape index (κ3) is 4.86. The fourth-order valence-electron chi connectivity index (χ4n) is 3.02. The summed E-state index contributed by atoms with van der Waals surface area (Å²) < 4.78 is 24.4. The molecule has 3 aromatic rings. The van der Waals surface area contributed by atoms with Crippen molar-refractivity contribution >= 4 is 28.8 Å². The minimum absolute atomic E-state index is 0.121. The van der Waals surface area contributed by atoms with Crippen LogP contribution in [-0.4, -0.2) is 30.6 Å². The van der Waals surface area contributed by atoms with Crippen molar-refractivity contribution in [1.29, 1.82) is 0 Å². The smallest absolute Gasteiger partial charge is 0.226 e. The van der Waals surface area contributed by atoms with E-state index in [9.17, 15) is 9.18 Å². The summed E-state index contributed by atoms with van der Waals surface area (Å²) in [5.74, 6) is 0.779. The Morgan fingerprint density at radius 3 is 2.97 bits per heavy atom. The molecule has 0 unspecified atom stereocenters. The molecule has 0 bridgehead atoms. The molecule has 2 aromatic carbocycles. The van der Waals surface area contributed by atoms with E-state index in [1.165, 1.54) is 23.5 Å². The number of carbonyl (C=O) groups excluding carboxylic acids is 1. The molecule has 29 heavy (non-hydrogen) atoms. The van der Waals surface area contributed by atoms with Gasteiger partial charge in [0.2, 0.25) is 5.91 Å². The second kappa shape index (κ2) is 8.80. The third-order valence-corrected chi connectivity index (χ3v) is 5.58. The van der Waals surface area contributed by atoms with Gasteiger partial charge in [-0.05, 0) is 36.2 Å². The summed E-state index contributed by atoms with van der Waals surface area (Å²) in [4.78, 5) is 16.7. The predicted molar refractivity (Wildman–Crippen MR) is 110 cm³/mol. The zero-order valence-corrected chi connectivity index (χ0v) is 17.0. The highest BCUT2D eigenvalue weighted by atomic mass is 35.5. The van der Waals surface area contributed by atoms with Crippen LogP contribution in [0.15, 0.2) is 41.8 Å². The summed E-state index contributed by atoms with van der Waals surface area (Å²) in [6, 6.07) is 9.97. The van der Waals surface area contributed by atoms with Crippen LogP contribution in [0.4, 0.5) is 4.39 Å². The molecule has 0 spiro atoms. The predicted octanol–water partition coefficient (Wildman–Crippen LogP) is 4.28. The first-order valence-electron chi connectivity index (χ1n) is 9.13. The number of carbonyl (C=O) groups is 1. The van der Waals surface area contributed by atoms with Crippen molar-refractivity contribution in [3.8, 4) is 22.1 Å². The SMILES string of the molecule is O=C(Cc1csc(-c2cccc(F)c2)n1)NCCc1cc(Cl)c2c(c1)OCCO2. The Hall–Kier alpha value is -2.64. The number of halogens is 2. The Balaban J connectivity index is 1.30. The normalized spacial score (nSPS) is 12.6. The molecule has 0 radical (unpaired) electrons. The number of benzene rings is 2. The fourth-order valence-corrected chi connectivity index (χ4v) is 4.13. The van der Waals surface area contributed by atoms with Crippen LogP contribution in [0.5, 0.6) is 11.5 Å². The van der Waals surface area contributed by atoms with Gasteiger partial charge in [-0.3, -0.25) is 4.79 Å². The lowest BCUT2D eigenvalue weighted by molar-refractivity contribution is -0.120. The Bertz CT molecular complexity index is 1040. The molecule has 0 saturated carbocycles. The van der Waals surface area contributed by atoms with Crippen LogP contribution in [0.3, 0.4) is 0 Å². The first kappa shape index (κ1) is 19.7. The largest absolute Gasteiger partial charge is 0.486 e. The molecule has 4 rings (SSSR count). The van der Waals surface area contributed by atoms with Crippen molar-refractivity contribution in [2.45, 2.75) is 12.8 Å². The number of hydrogen-bond donors (Lipinski definition) is 1. The van der Waals surface area contributed by atoms with Crippen LogP contribution >= 0.6 is 22.9 Å². The van der Waals surface area contributed by atoms with E-state index in [0.29, 0.717) is 59.0 Å². The molecule has 1 N–H and O–H groups in total. The molecule has 1 amide bonds. The fraction of sp³-hybridized carbons (Fsp3) is 0.238. The number of fused-ring (bicyclic) bond motifs is 1. The number of rotatable bonds is 6. The van der Waals surface area contributed by atoms with Crippen molar-refractivity contribution in [1.82, 2.24) is 10.3 Å². The lowest BCUT2D eigenvalue weighted by Gasteiger charge is -2.20.